The van der Waals surface area contributed by atoms with Gasteiger partial charge in [-0.05, 0) is 24.1 Å². The summed E-state index contributed by atoms with van der Waals surface area (Å²) in [4.78, 5) is 10.1. The Morgan fingerprint density at radius 2 is 1.86 bits per heavy atom. The fraction of sp³-hybridized carbons (Fsp3) is 0.571. The minimum absolute atomic E-state index is 0.0319. The summed E-state index contributed by atoms with van der Waals surface area (Å²) in [6, 6.07) is 5.64. The van der Waals surface area contributed by atoms with Gasteiger partial charge in [-0.15, -0.1) is 0 Å². The molecule has 7 nitrogen and oxygen atoms in total. The highest BCUT2D eigenvalue weighted by Gasteiger charge is 2.21. The SMILES string of the molecule is O=[N+]([O-])c1ccc([C@@H](O)C[C@H](O)CC2OCCCO2)cc1. The molecule has 0 aromatic heterocycles. The van der Waals surface area contributed by atoms with E-state index in [0.29, 0.717) is 25.2 Å². The molecule has 0 bridgehead atoms. The van der Waals surface area contributed by atoms with Gasteiger partial charge in [-0.1, -0.05) is 0 Å². The van der Waals surface area contributed by atoms with E-state index in [-0.39, 0.29) is 12.1 Å². The van der Waals surface area contributed by atoms with E-state index in [4.69, 9.17) is 9.47 Å². The van der Waals surface area contributed by atoms with E-state index in [1.807, 2.05) is 0 Å². The largest absolute Gasteiger partial charge is 0.393 e. The molecule has 0 saturated carbocycles. The van der Waals surface area contributed by atoms with E-state index < -0.39 is 23.4 Å². The van der Waals surface area contributed by atoms with Crippen LogP contribution in [0.2, 0.25) is 0 Å². The Hall–Kier alpha value is -1.54. The van der Waals surface area contributed by atoms with Crippen LogP contribution in [0.4, 0.5) is 5.69 Å². The minimum atomic E-state index is -0.885. The van der Waals surface area contributed by atoms with Gasteiger partial charge in [-0.2, -0.15) is 0 Å². The van der Waals surface area contributed by atoms with Crippen molar-refractivity contribution in [2.75, 3.05) is 13.2 Å². The number of nitro groups is 1. The topological polar surface area (TPSA) is 102 Å². The first kappa shape index (κ1) is 15.8. The molecule has 7 heteroatoms. The average molecular weight is 297 g/mol. The first-order valence-electron chi connectivity index (χ1n) is 6.90. The third-order valence-electron chi connectivity index (χ3n) is 3.34. The standard InChI is InChI=1S/C14H19NO6/c16-12(9-14-20-6-1-7-21-14)8-13(17)10-2-4-11(5-3-10)15(18)19/h2-5,12-14,16-17H,1,6-9H2/t12-,13-/m0/s1. The van der Waals surface area contributed by atoms with Gasteiger partial charge in [0.2, 0.25) is 0 Å². The molecule has 21 heavy (non-hydrogen) atoms. The summed E-state index contributed by atoms with van der Waals surface area (Å²) in [5.41, 5.74) is 0.501. The quantitative estimate of drug-likeness (QED) is 0.610. The van der Waals surface area contributed by atoms with Crippen molar-refractivity contribution in [3.8, 4) is 0 Å². The number of nitro benzene ring substituents is 1. The molecule has 1 saturated heterocycles. The van der Waals surface area contributed by atoms with Crippen LogP contribution in [0.15, 0.2) is 24.3 Å². The highest BCUT2D eigenvalue weighted by atomic mass is 16.7. The summed E-state index contributed by atoms with van der Waals surface area (Å²) < 4.78 is 10.7. The summed E-state index contributed by atoms with van der Waals surface area (Å²) in [6.45, 7) is 1.23. The molecule has 1 heterocycles. The molecule has 2 N–H and O–H groups in total. The fourth-order valence-electron chi connectivity index (χ4n) is 2.20. The normalized spacial score (nSPS) is 19.1. The van der Waals surface area contributed by atoms with Crippen molar-refractivity contribution in [2.24, 2.45) is 0 Å². The molecular weight excluding hydrogens is 278 g/mol. The first-order valence-corrected chi connectivity index (χ1v) is 6.90. The summed E-state index contributed by atoms with van der Waals surface area (Å²) >= 11 is 0. The molecule has 2 rings (SSSR count). The summed E-state index contributed by atoms with van der Waals surface area (Å²) in [5.74, 6) is 0. The molecule has 1 aliphatic rings. The van der Waals surface area contributed by atoms with Gasteiger partial charge in [0.1, 0.15) is 0 Å². The molecule has 2 atom stereocenters. The molecule has 0 radical (unpaired) electrons. The maximum absolute atomic E-state index is 10.6. The van der Waals surface area contributed by atoms with Gasteiger partial charge in [-0.25, -0.2) is 0 Å². The molecule has 0 spiro atoms. The molecule has 1 fully saturated rings. The minimum Gasteiger partial charge on any atom is -0.393 e. The second-order valence-electron chi connectivity index (χ2n) is 5.01. The maximum Gasteiger partial charge on any atom is 0.269 e. The average Bonchev–Trinajstić information content (AvgIpc) is 2.48. The number of rotatable bonds is 6. The molecule has 116 valence electrons. The lowest BCUT2D eigenvalue weighted by molar-refractivity contribution is -0.384. The van der Waals surface area contributed by atoms with Gasteiger partial charge in [0.05, 0.1) is 30.3 Å². The number of aliphatic hydroxyl groups excluding tert-OH is 2. The maximum atomic E-state index is 10.6. The Labute approximate surface area is 122 Å². The first-order chi connectivity index (χ1) is 10.1. The highest BCUT2D eigenvalue weighted by Crippen LogP contribution is 2.23. The number of benzene rings is 1. The molecule has 0 aliphatic carbocycles. The van der Waals surface area contributed by atoms with E-state index in [9.17, 15) is 20.3 Å². The van der Waals surface area contributed by atoms with Gasteiger partial charge in [0, 0.05) is 25.0 Å². The predicted molar refractivity (Wildman–Crippen MR) is 73.6 cm³/mol. The van der Waals surface area contributed by atoms with Crippen molar-refractivity contribution in [1.29, 1.82) is 0 Å². The fourth-order valence-corrected chi connectivity index (χ4v) is 2.20. The molecular formula is C14H19NO6. The van der Waals surface area contributed by atoms with Crippen LogP contribution in [-0.2, 0) is 9.47 Å². The third-order valence-corrected chi connectivity index (χ3v) is 3.34. The number of hydrogen-bond acceptors (Lipinski definition) is 6. The lowest BCUT2D eigenvalue weighted by Crippen LogP contribution is -2.29. The zero-order chi connectivity index (χ0) is 15.2. The van der Waals surface area contributed by atoms with E-state index in [0.717, 1.165) is 6.42 Å². The number of aliphatic hydroxyl groups is 2. The Kier molecular flexibility index (Phi) is 5.63. The van der Waals surface area contributed by atoms with Gasteiger partial charge in [0.15, 0.2) is 6.29 Å². The van der Waals surface area contributed by atoms with Crippen LogP contribution in [0, 0.1) is 10.1 Å². The van der Waals surface area contributed by atoms with Crippen LogP contribution in [0.5, 0.6) is 0 Å². The van der Waals surface area contributed by atoms with Crippen LogP contribution in [0.25, 0.3) is 0 Å². The van der Waals surface area contributed by atoms with E-state index >= 15 is 0 Å². The van der Waals surface area contributed by atoms with Crippen LogP contribution < -0.4 is 0 Å². The Balaban J connectivity index is 1.84. The van der Waals surface area contributed by atoms with Crippen molar-refractivity contribution >= 4 is 5.69 Å². The number of non-ortho nitro benzene ring substituents is 1. The lowest BCUT2D eigenvalue weighted by atomic mass is 10.0. The number of ether oxygens (including phenoxy) is 2. The zero-order valence-corrected chi connectivity index (χ0v) is 11.6. The summed E-state index contributed by atoms with van der Waals surface area (Å²) in [6.07, 6.45) is -0.816. The Morgan fingerprint density at radius 1 is 1.24 bits per heavy atom. The van der Waals surface area contributed by atoms with Crippen molar-refractivity contribution in [1.82, 2.24) is 0 Å². The molecule has 0 unspecified atom stereocenters. The van der Waals surface area contributed by atoms with Crippen molar-refractivity contribution in [2.45, 2.75) is 37.8 Å². The van der Waals surface area contributed by atoms with E-state index in [1.54, 1.807) is 0 Å². The van der Waals surface area contributed by atoms with Gasteiger partial charge in [0.25, 0.3) is 5.69 Å². The van der Waals surface area contributed by atoms with Crippen LogP contribution in [0.3, 0.4) is 0 Å². The van der Waals surface area contributed by atoms with Gasteiger partial charge < -0.3 is 19.7 Å². The van der Waals surface area contributed by atoms with Crippen molar-refractivity contribution in [3.63, 3.8) is 0 Å². The summed E-state index contributed by atoms with van der Waals surface area (Å²) in [5, 5.41) is 30.5. The predicted octanol–water partition coefficient (Wildman–Crippen LogP) is 1.53. The van der Waals surface area contributed by atoms with E-state index in [2.05, 4.69) is 0 Å². The van der Waals surface area contributed by atoms with Crippen molar-refractivity contribution in [3.05, 3.63) is 39.9 Å². The van der Waals surface area contributed by atoms with Gasteiger partial charge >= 0.3 is 0 Å². The van der Waals surface area contributed by atoms with Gasteiger partial charge in [-0.3, -0.25) is 10.1 Å². The number of hydrogen-bond donors (Lipinski definition) is 2. The smallest absolute Gasteiger partial charge is 0.269 e. The van der Waals surface area contributed by atoms with Crippen LogP contribution in [0.1, 0.15) is 30.9 Å². The number of nitrogens with zero attached hydrogens (tertiary/aromatic N) is 1. The molecule has 1 aromatic rings. The monoisotopic (exact) mass is 297 g/mol. The highest BCUT2D eigenvalue weighted by molar-refractivity contribution is 5.33. The van der Waals surface area contributed by atoms with Crippen LogP contribution in [-0.4, -0.2) is 40.7 Å². The lowest BCUT2D eigenvalue weighted by Gasteiger charge is -2.26. The molecule has 1 aliphatic heterocycles. The Morgan fingerprint density at radius 3 is 2.43 bits per heavy atom. The molecule has 0 amide bonds. The van der Waals surface area contributed by atoms with Crippen LogP contribution >= 0.6 is 0 Å². The van der Waals surface area contributed by atoms with Crippen molar-refractivity contribution < 1.29 is 24.6 Å². The second kappa shape index (κ2) is 7.46. The second-order valence-corrected chi connectivity index (χ2v) is 5.01. The summed E-state index contributed by atoms with van der Waals surface area (Å²) in [7, 11) is 0. The van der Waals surface area contributed by atoms with E-state index in [1.165, 1.54) is 24.3 Å². The Bertz CT molecular complexity index is 457. The zero-order valence-electron chi connectivity index (χ0n) is 11.6. The molecule has 1 aromatic carbocycles. The third kappa shape index (κ3) is 4.75.